The molecule has 0 bridgehead atoms. The Kier molecular flexibility index (Phi) is 16.0. The predicted octanol–water partition coefficient (Wildman–Crippen LogP) is 5.81. The van der Waals surface area contributed by atoms with Gasteiger partial charge < -0.3 is 34.2 Å². The molecular formula is C36H41Cl2F5N4O10S. The second kappa shape index (κ2) is 20.1. The highest BCUT2D eigenvalue weighted by atomic mass is 35.5. The van der Waals surface area contributed by atoms with Gasteiger partial charge in [0.15, 0.2) is 23.9 Å². The zero-order valence-corrected chi connectivity index (χ0v) is 33.7. The first kappa shape index (κ1) is 46.3. The number of hydrogen-bond donors (Lipinski definition) is 1. The van der Waals surface area contributed by atoms with Crippen molar-refractivity contribution in [1.29, 1.82) is 0 Å². The van der Waals surface area contributed by atoms with Gasteiger partial charge in [0.2, 0.25) is 10.0 Å². The number of esters is 1. The maximum Gasteiger partial charge on any atom is 0.490 e. The van der Waals surface area contributed by atoms with Gasteiger partial charge in [-0.25, -0.2) is 18.0 Å². The Morgan fingerprint density at radius 3 is 2.16 bits per heavy atom. The van der Waals surface area contributed by atoms with Crippen LogP contribution in [-0.2, 0) is 26.0 Å². The number of carbonyl (C=O) groups is 2. The number of likely N-dealkylation sites (N-methyl/N-ethyl adjacent to an activating group) is 1. The fraction of sp³-hybridized carbons (Fsp3) is 0.472. The Hall–Kier alpha value is -4.37. The zero-order valence-electron chi connectivity index (χ0n) is 31.4. The van der Waals surface area contributed by atoms with E-state index in [9.17, 15) is 40.4 Å². The summed E-state index contributed by atoms with van der Waals surface area (Å²) in [6.45, 7) is 1.03. The van der Waals surface area contributed by atoms with Crippen LogP contribution in [0.1, 0.15) is 40.4 Å². The van der Waals surface area contributed by atoms with Gasteiger partial charge in [0.05, 0.1) is 31.2 Å². The number of aliphatic carboxylic acids is 1. The Balaban J connectivity index is 0.000000973. The van der Waals surface area contributed by atoms with Crippen molar-refractivity contribution in [3.8, 4) is 17.2 Å². The molecule has 1 aliphatic carbocycles. The minimum absolute atomic E-state index is 0.00886. The number of piperazine rings is 1. The number of ether oxygens (including phenoxy) is 4. The van der Waals surface area contributed by atoms with Crippen LogP contribution in [-0.4, -0.2) is 114 Å². The van der Waals surface area contributed by atoms with Gasteiger partial charge in [-0.05, 0) is 61.7 Å². The molecule has 1 atom stereocenters. The number of aromatic nitrogens is 1. The lowest BCUT2D eigenvalue weighted by molar-refractivity contribution is -0.605. The molecule has 0 radical (unpaired) electrons. The van der Waals surface area contributed by atoms with Crippen LogP contribution in [0.2, 0.25) is 10.0 Å². The Bertz CT molecular complexity index is 2000. The zero-order chi connectivity index (χ0) is 42.9. The smallest absolute Gasteiger partial charge is 0.490 e. The van der Waals surface area contributed by atoms with Gasteiger partial charge in [-0.15, -0.1) is 0 Å². The predicted molar refractivity (Wildman–Crippen MR) is 201 cm³/mol. The van der Waals surface area contributed by atoms with Crippen LogP contribution < -0.4 is 23.2 Å². The Morgan fingerprint density at radius 1 is 1.02 bits per heavy atom. The normalized spacial score (nSPS) is 15.6. The average molecular weight is 888 g/mol. The fourth-order valence-electron chi connectivity index (χ4n) is 5.64. The molecule has 320 valence electrons. The highest BCUT2D eigenvalue weighted by Gasteiger charge is 2.38. The van der Waals surface area contributed by atoms with Crippen molar-refractivity contribution in [2.45, 2.75) is 38.2 Å². The number of methoxy groups -OCH3 is 1. The van der Waals surface area contributed by atoms with Gasteiger partial charge in [0.25, 0.3) is 0 Å². The standard InChI is InChI=1S/C34H40Cl2F2N4O8S.C2HF3O2/c1-39-10-12-40(13-11-39)14-15-42(51(3,45)46)28-16-24(7-8-29(28)47-2)33(43)49-31(18-25-26(35)19-41(44)20-27(25)36)23-6-9-30(50-34(37)38)32(17-23)48-21-22-4-5-22;3-2(4,5)1(6)7/h6-9,16-17,19-20,22,31,34H,4-5,10-15,18,21H2,1-3H3;(H,6,7)/t31-;/m0./s1. The second-order valence-corrected chi connectivity index (χ2v) is 16.1. The van der Waals surface area contributed by atoms with Crippen LogP contribution in [0.3, 0.4) is 0 Å². The number of carboxylic acids is 1. The SMILES string of the molecule is COc1ccc(C(=O)O[C@@H](Cc2c(Cl)c[n+]([O-])cc2Cl)c2ccc(OC(F)F)c(OCC3CC3)c2)cc1N(CCN1CCN(C)CC1)S(C)(=O)=O.O=C(O)C(F)(F)F. The molecule has 1 aromatic heterocycles. The summed E-state index contributed by atoms with van der Waals surface area (Å²) in [5, 5.41) is 19.1. The molecule has 5 rings (SSSR count). The van der Waals surface area contributed by atoms with E-state index < -0.39 is 40.9 Å². The molecule has 1 saturated carbocycles. The number of hydrogen-bond acceptors (Lipinski definition) is 11. The molecule has 2 fully saturated rings. The van der Waals surface area contributed by atoms with Crippen LogP contribution in [0.5, 0.6) is 17.2 Å². The van der Waals surface area contributed by atoms with E-state index in [0.29, 0.717) is 28.3 Å². The first-order valence-corrected chi connectivity index (χ1v) is 20.1. The van der Waals surface area contributed by atoms with E-state index in [0.717, 1.165) is 57.7 Å². The van der Waals surface area contributed by atoms with Crippen molar-refractivity contribution in [2.24, 2.45) is 5.92 Å². The number of carbonyl (C=O) groups excluding carboxylic acids is 1. The molecular weight excluding hydrogens is 846 g/mol. The molecule has 14 nitrogen and oxygen atoms in total. The molecule has 2 aromatic carbocycles. The summed E-state index contributed by atoms with van der Waals surface area (Å²) in [6.07, 6.45) is -1.15. The summed E-state index contributed by atoms with van der Waals surface area (Å²) in [4.78, 5) is 27.2. The summed E-state index contributed by atoms with van der Waals surface area (Å²) >= 11 is 12.8. The first-order chi connectivity index (χ1) is 27.2. The fourth-order valence-corrected chi connectivity index (χ4v) is 7.15. The third-order valence-corrected chi connectivity index (χ3v) is 10.8. The lowest BCUT2D eigenvalue weighted by atomic mass is 10.0. The second-order valence-electron chi connectivity index (χ2n) is 13.4. The van der Waals surface area contributed by atoms with Crippen molar-refractivity contribution < 1.29 is 68.7 Å². The van der Waals surface area contributed by atoms with Gasteiger partial charge in [0.1, 0.15) is 21.9 Å². The van der Waals surface area contributed by atoms with Crippen LogP contribution in [0, 0.1) is 11.1 Å². The lowest BCUT2D eigenvalue weighted by Gasteiger charge is -2.34. The summed E-state index contributed by atoms with van der Waals surface area (Å²) in [5.41, 5.74) is 0.785. The lowest BCUT2D eigenvalue weighted by Crippen LogP contribution is -2.47. The monoisotopic (exact) mass is 886 g/mol. The molecule has 2 heterocycles. The molecule has 0 spiro atoms. The number of carboxylic acid groups (broad SMARTS) is 1. The average Bonchev–Trinajstić information content (AvgIpc) is 3.97. The number of rotatable bonds is 16. The number of pyridine rings is 1. The molecule has 2 aliphatic rings. The van der Waals surface area contributed by atoms with Gasteiger partial charge in [-0.2, -0.15) is 26.7 Å². The van der Waals surface area contributed by atoms with Gasteiger partial charge >= 0.3 is 24.7 Å². The molecule has 1 N–H and O–H groups in total. The number of benzene rings is 2. The van der Waals surface area contributed by atoms with Crippen molar-refractivity contribution in [1.82, 2.24) is 9.80 Å². The number of nitrogens with zero attached hydrogens (tertiary/aromatic N) is 4. The van der Waals surface area contributed by atoms with E-state index in [2.05, 4.69) is 14.5 Å². The quantitative estimate of drug-likeness (QED) is 0.0797. The number of anilines is 1. The minimum atomic E-state index is -5.08. The third-order valence-electron chi connectivity index (χ3n) is 8.96. The topological polar surface area (TPSA) is 162 Å². The van der Waals surface area contributed by atoms with Crippen LogP contribution >= 0.6 is 23.2 Å². The summed E-state index contributed by atoms with van der Waals surface area (Å²) in [5.74, 6) is -3.24. The molecule has 1 saturated heterocycles. The Labute approximate surface area is 341 Å². The van der Waals surface area contributed by atoms with E-state index in [1.807, 2.05) is 7.05 Å². The molecule has 3 aromatic rings. The molecule has 0 amide bonds. The first-order valence-electron chi connectivity index (χ1n) is 17.5. The van der Waals surface area contributed by atoms with E-state index >= 15 is 0 Å². The van der Waals surface area contributed by atoms with Gasteiger partial charge in [0, 0.05) is 51.3 Å². The van der Waals surface area contributed by atoms with Crippen molar-refractivity contribution >= 4 is 50.9 Å². The number of alkyl halides is 5. The highest BCUT2D eigenvalue weighted by molar-refractivity contribution is 7.92. The Morgan fingerprint density at radius 2 is 1.62 bits per heavy atom. The summed E-state index contributed by atoms with van der Waals surface area (Å²) < 4.78 is 108. The molecule has 1 aliphatic heterocycles. The molecule has 0 unspecified atom stereocenters. The van der Waals surface area contributed by atoms with Crippen molar-refractivity contribution in [3.63, 3.8) is 0 Å². The summed E-state index contributed by atoms with van der Waals surface area (Å²) in [7, 11) is -0.390. The van der Waals surface area contributed by atoms with Crippen LogP contribution in [0.15, 0.2) is 48.8 Å². The number of halogens is 7. The van der Waals surface area contributed by atoms with Gasteiger partial charge in [-0.3, -0.25) is 9.21 Å². The highest BCUT2D eigenvalue weighted by Crippen LogP contribution is 2.39. The summed E-state index contributed by atoms with van der Waals surface area (Å²) in [6, 6.07) is 8.49. The van der Waals surface area contributed by atoms with E-state index in [1.165, 1.54) is 47.8 Å². The van der Waals surface area contributed by atoms with E-state index in [1.54, 1.807) is 0 Å². The molecule has 22 heteroatoms. The van der Waals surface area contributed by atoms with Crippen LogP contribution in [0.4, 0.5) is 27.6 Å². The van der Waals surface area contributed by atoms with Crippen LogP contribution in [0.25, 0.3) is 0 Å². The minimum Gasteiger partial charge on any atom is -0.619 e. The van der Waals surface area contributed by atoms with E-state index in [-0.39, 0.29) is 58.1 Å². The van der Waals surface area contributed by atoms with Crippen molar-refractivity contribution in [2.75, 3.05) is 70.6 Å². The van der Waals surface area contributed by atoms with Gasteiger partial charge in [-0.1, -0.05) is 29.3 Å². The maximum absolute atomic E-state index is 13.9. The third kappa shape index (κ3) is 13.6. The maximum atomic E-state index is 13.9. The number of sulfonamides is 1. The van der Waals surface area contributed by atoms with Crippen molar-refractivity contribution in [3.05, 3.63) is 80.7 Å². The molecule has 58 heavy (non-hydrogen) atoms. The van der Waals surface area contributed by atoms with E-state index in [4.69, 9.17) is 47.3 Å². The largest absolute Gasteiger partial charge is 0.619 e.